The molecule has 9 nitrogen and oxygen atoms in total. The van der Waals surface area contributed by atoms with Crippen molar-refractivity contribution < 1.29 is 27.6 Å². The number of rotatable bonds is 6. The van der Waals surface area contributed by atoms with Gasteiger partial charge in [-0.2, -0.15) is 20.6 Å². The fourth-order valence-corrected chi connectivity index (χ4v) is 5.67. The van der Waals surface area contributed by atoms with Crippen LogP contribution in [-0.2, 0) is 26.2 Å². The number of hydrogen-bond acceptors (Lipinski definition) is 9. The number of thiophene rings is 1. The lowest BCUT2D eigenvalue weighted by Gasteiger charge is -2.22. The van der Waals surface area contributed by atoms with Gasteiger partial charge in [0, 0.05) is 23.9 Å². The van der Waals surface area contributed by atoms with Gasteiger partial charge in [0.2, 0.25) is 15.8 Å². The molecule has 2 aromatic heterocycles. The first-order valence-electron chi connectivity index (χ1n) is 9.54. The minimum atomic E-state index is -3.99. The monoisotopic (exact) mass is 463 g/mol. The summed E-state index contributed by atoms with van der Waals surface area (Å²) < 4.78 is 37.6. The molecule has 0 spiro atoms. The number of aryl methyl sites for hydroxylation is 2. The number of aliphatic hydroxyl groups is 1. The first-order valence-corrected chi connectivity index (χ1v) is 11.9. The number of carbonyl (C=O) groups is 1. The summed E-state index contributed by atoms with van der Waals surface area (Å²) in [4.78, 5) is 16.9. The predicted molar refractivity (Wildman–Crippen MR) is 112 cm³/mol. The SMILES string of the molecule is Cc1ccc(S(=O)(=O)N2C[C@@H](O)C[C@H]2C(=O)OCc2nc(-c3ccsc3)no2)cc1C. The topological polar surface area (TPSA) is 123 Å². The molecule has 1 aromatic carbocycles. The van der Waals surface area contributed by atoms with Crippen LogP contribution in [0.15, 0.2) is 44.4 Å². The van der Waals surface area contributed by atoms with E-state index in [4.69, 9.17) is 9.26 Å². The molecule has 4 rings (SSSR count). The van der Waals surface area contributed by atoms with Crippen molar-refractivity contribution >= 4 is 27.3 Å². The van der Waals surface area contributed by atoms with Crippen LogP contribution in [0.1, 0.15) is 23.4 Å². The lowest BCUT2D eigenvalue weighted by Crippen LogP contribution is -2.41. The number of esters is 1. The highest BCUT2D eigenvalue weighted by Gasteiger charge is 2.44. The summed E-state index contributed by atoms with van der Waals surface area (Å²) in [5.41, 5.74) is 2.56. The van der Waals surface area contributed by atoms with Crippen molar-refractivity contribution in [3.8, 4) is 11.4 Å². The van der Waals surface area contributed by atoms with Crippen molar-refractivity contribution in [2.75, 3.05) is 6.54 Å². The Balaban J connectivity index is 1.48. The van der Waals surface area contributed by atoms with Crippen LogP contribution in [0.4, 0.5) is 0 Å². The maximum absolute atomic E-state index is 13.1. The van der Waals surface area contributed by atoms with Crippen molar-refractivity contribution in [2.24, 2.45) is 0 Å². The van der Waals surface area contributed by atoms with E-state index in [0.29, 0.717) is 5.82 Å². The number of aromatic nitrogens is 2. The van der Waals surface area contributed by atoms with Gasteiger partial charge >= 0.3 is 5.97 Å². The number of ether oxygens (including phenoxy) is 1. The second kappa shape index (κ2) is 8.50. The molecule has 2 atom stereocenters. The van der Waals surface area contributed by atoms with E-state index in [1.807, 2.05) is 30.7 Å². The number of nitrogens with zero attached hydrogens (tertiary/aromatic N) is 3. The van der Waals surface area contributed by atoms with Crippen LogP contribution in [-0.4, -0.2) is 52.6 Å². The van der Waals surface area contributed by atoms with Gasteiger partial charge in [0.05, 0.1) is 11.0 Å². The summed E-state index contributed by atoms with van der Waals surface area (Å²) in [5, 5.41) is 17.6. The van der Waals surface area contributed by atoms with Crippen molar-refractivity contribution in [3.63, 3.8) is 0 Å². The molecule has 1 aliphatic rings. The van der Waals surface area contributed by atoms with E-state index in [0.717, 1.165) is 21.0 Å². The maximum atomic E-state index is 13.1. The zero-order valence-corrected chi connectivity index (χ0v) is 18.5. The smallest absolute Gasteiger partial charge is 0.325 e. The van der Waals surface area contributed by atoms with Gasteiger partial charge in [0.25, 0.3) is 5.89 Å². The maximum Gasteiger partial charge on any atom is 0.325 e. The first-order chi connectivity index (χ1) is 14.8. The summed E-state index contributed by atoms with van der Waals surface area (Å²) in [7, 11) is -3.99. The molecule has 0 unspecified atom stereocenters. The van der Waals surface area contributed by atoms with Crippen LogP contribution < -0.4 is 0 Å². The summed E-state index contributed by atoms with van der Waals surface area (Å²) in [6.07, 6.45) is -1.01. The molecule has 164 valence electrons. The fourth-order valence-electron chi connectivity index (χ4n) is 3.33. The number of carbonyl (C=O) groups excluding carboxylic acids is 1. The third-order valence-electron chi connectivity index (χ3n) is 5.18. The lowest BCUT2D eigenvalue weighted by molar-refractivity contribution is -0.149. The Bertz CT molecular complexity index is 1190. The fraction of sp³-hybridized carbons (Fsp3) is 0.350. The van der Waals surface area contributed by atoms with Gasteiger partial charge in [-0.15, -0.1) is 0 Å². The van der Waals surface area contributed by atoms with Gasteiger partial charge < -0.3 is 14.4 Å². The van der Waals surface area contributed by atoms with Crippen molar-refractivity contribution in [3.05, 3.63) is 52.0 Å². The molecular formula is C20H21N3O6S2. The van der Waals surface area contributed by atoms with Gasteiger partial charge in [-0.25, -0.2) is 8.42 Å². The Kier molecular flexibility index (Phi) is 5.93. The molecule has 0 radical (unpaired) electrons. The van der Waals surface area contributed by atoms with Crippen molar-refractivity contribution in [1.29, 1.82) is 0 Å². The first kappa shape index (κ1) is 21.6. The van der Waals surface area contributed by atoms with Gasteiger partial charge in [0.1, 0.15) is 6.04 Å². The Hall–Kier alpha value is -2.60. The molecule has 1 fully saturated rings. The van der Waals surface area contributed by atoms with Crippen LogP contribution >= 0.6 is 11.3 Å². The summed E-state index contributed by atoms with van der Waals surface area (Å²) in [5.74, 6) is -0.307. The molecule has 31 heavy (non-hydrogen) atoms. The van der Waals surface area contributed by atoms with Crippen LogP contribution in [0.25, 0.3) is 11.4 Å². The normalized spacial score (nSPS) is 19.6. The molecular weight excluding hydrogens is 442 g/mol. The van der Waals surface area contributed by atoms with Gasteiger partial charge in [0.15, 0.2) is 6.61 Å². The van der Waals surface area contributed by atoms with E-state index in [1.54, 1.807) is 12.1 Å². The lowest BCUT2D eigenvalue weighted by atomic mass is 10.1. The molecule has 0 saturated carbocycles. The molecule has 0 bridgehead atoms. The van der Waals surface area contributed by atoms with E-state index in [-0.39, 0.29) is 30.4 Å². The second-order valence-corrected chi connectivity index (χ2v) is 10.0. The average Bonchev–Trinajstić information content (AvgIpc) is 3.48. The van der Waals surface area contributed by atoms with E-state index in [9.17, 15) is 18.3 Å². The summed E-state index contributed by atoms with van der Waals surface area (Å²) in [6.45, 7) is 3.22. The third-order valence-corrected chi connectivity index (χ3v) is 7.73. The summed E-state index contributed by atoms with van der Waals surface area (Å²) >= 11 is 1.49. The van der Waals surface area contributed by atoms with Crippen molar-refractivity contribution in [1.82, 2.24) is 14.4 Å². The highest BCUT2D eigenvalue weighted by atomic mass is 32.2. The van der Waals surface area contributed by atoms with Crippen molar-refractivity contribution in [2.45, 2.75) is 43.9 Å². The zero-order valence-electron chi connectivity index (χ0n) is 16.9. The Morgan fingerprint density at radius 2 is 2.13 bits per heavy atom. The standard InChI is InChI=1S/C20H21N3O6S2/c1-12-3-4-16(7-13(12)2)31(26,27)23-9-15(24)8-17(23)20(25)28-10-18-21-19(22-29-18)14-5-6-30-11-14/h3-7,11,15,17,24H,8-10H2,1-2H3/t15-,17-/m0/s1. The number of benzene rings is 1. The Morgan fingerprint density at radius 3 is 2.84 bits per heavy atom. The number of hydrogen-bond donors (Lipinski definition) is 1. The predicted octanol–water partition coefficient (Wildman–Crippen LogP) is 2.28. The molecule has 3 aromatic rings. The van der Waals surface area contributed by atoms with Crippen LogP contribution in [0.3, 0.4) is 0 Å². The minimum absolute atomic E-state index is 0.0487. The molecule has 1 aliphatic heterocycles. The molecule has 1 N–H and O–H groups in total. The summed E-state index contributed by atoms with van der Waals surface area (Å²) in [6, 6.07) is 5.46. The van der Waals surface area contributed by atoms with Crippen LogP contribution in [0.2, 0.25) is 0 Å². The highest BCUT2D eigenvalue weighted by molar-refractivity contribution is 7.89. The zero-order chi connectivity index (χ0) is 22.2. The second-order valence-electron chi connectivity index (χ2n) is 7.36. The van der Waals surface area contributed by atoms with Gasteiger partial charge in [-0.05, 0) is 48.6 Å². The molecule has 11 heteroatoms. The number of sulfonamides is 1. The molecule has 3 heterocycles. The van der Waals surface area contributed by atoms with E-state index >= 15 is 0 Å². The van der Waals surface area contributed by atoms with E-state index in [2.05, 4.69) is 10.1 Å². The molecule has 0 amide bonds. The quantitative estimate of drug-likeness (QED) is 0.553. The molecule has 0 aliphatic carbocycles. The van der Waals surface area contributed by atoms with Crippen LogP contribution in [0, 0.1) is 13.8 Å². The van der Waals surface area contributed by atoms with Gasteiger partial charge in [-0.1, -0.05) is 11.2 Å². The largest absolute Gasteiger partial charge is 0.454 e. The van der Waals surface area contributed by atoms with E-state index < -0.39 is 28.1 Å². The van der Waals surface area contributed by atoms with Crippen LogP contribution in [0.5, 0.6) is 0 Å². The number of β-amino-alcohol motifs (C(OH)–C–C–N with tert-alkyl or cyclic N) is 1. The minimum Gasteiger partial charge on any atom is -0.454 e. The Morgan fingerprint density at radius 1 is 1.32 bits per heavy atom. The Labute approximate surface area is 183 Å². The van der Waals surface area contributed by atoms with Gasteiger partial charge in [-0.3, -0.25) is 4.79 Å². The highest BCUT2D eigenvalue weighted by Crippen LogP contribution is 2.28. The molecule has 1 saturated heterocycles. The third kappa shape index (κ3) is 4.40. The average molecular weight is 464 g/mol. The van der Waals surface area contributed by atoms with E-state index in [1.165, 1.54) is 17.4 Å². The number of aliphatic hydroxyl groups excluding tert-OH is 1.